The van der Waals surface area contributed by atoms with E-state index in [1.807, 2.05) is 5.38 Å². The summed E-state index contributed by atoms with van der Waals surface area (Å²) in [5, 5.41) is 9.38. The molecule has 0 fully saturated rings. The van der Waals surface area contributed by atoms with Crippen molar-refractivity contribution >= 4 is 11.5 Å². The lowest BCUT2D eigenvalue weighted by molar-refractivity contribution is 0.560. The minimum atomic E-state index is 0.867. The molecule has 1 aromatic rings. The Morgan fingerprint density at radius 1 is 1.12 bits per heavy atom. The van der Waals surface area contributed by atoms with Crippen molar-refractivity contribution in [1.29, 1.82) is 0 Å². The highest BCUT2D eigenvalue weighted by Gasteiger charge is 1.95. The van der Waals surface area contributed by atoms with Crippen LogP contribution in [0.15, 0.2) is 5.38 Å². The zero-order chi connectivity index (χ0) is 11.5. The van der Waals surface area contributed by atoms with Gasteiger partial charge in [0.25, 0.3) is 0 Å². The predicted molar refractivity (Wildman–Crippen MR) is 69.6 cm³/mol. The van der Waals surface area contributed by atoms with Gasteiger partial charge in [0.2, 0.25) is 0 Å². The van der Waals surface area contributed by atoms with E-state index in [1.165, 1.54) is 56.5 Å². The van der Waals surface area contributed by atoms with Gasteiger partial charge in [-0.15, -0.1) is 5.10 Å². The maximum Gasteiger partial charge on any atom is 0.0893 e. The smallest absolute Gasteiger partial charge is 0.0893 e. The molecule has 1 rings (SSSR count). The van der Waals surface area contributed by atoms with Gasteiger partial charge in [-0.25, -0.2) is 0 Å². The van der Waals surface area contributed by atoms with Crippen molar-refractivity contribution in [3.8, 4) is 0 Å². The normalized spacial score (nSPS) is 10.8. The Labute approximate surface area is 103 Å². The third-order valence-corrected chi connectivity index (χ3v) is 3.22. The Morgan fingerprint density at radius 2 is 1.88 bits per heavy atom. The van der Waals surface area contributed by atoms with E-state index in [1.54, 1.807) is 0 Å². The molecule has 0 saturated carbocycles. The summed E-state index contributed by atoms with van der Waals surface area (Å²) in [6, 6.07) is 0. The lowest BCUT2D eigenvalue weighted by Gasteiger charge is -2.02. The first-order valence-electron chi connectivity index (χ1n) is 6.40. The summed E-state index contributed by atoms with van der Waals surface area (Å²) in [7, 11) is 0. The van der Waals surface area contributed by atoms with Gasteiger partial charge in [0, 0.05) is 11.9 Å². The van der Waals surface area contributed by atoms with Crippen molar-refractivity contribution < 1.29 is 0 Å². The summed E-state index contributed by atoms with van der Waals surface area (Å²) in [5.41, 5.74) is 1.06. The lowest BCUT2D eigenvalue weighted by atomic mass is 10.1. The minimum absolute atomic E-state index is 0.867. The van der Waals surface area contributed by atoms with Crippen LogP contribution >= 0.6 is 11.5 Å². The second-order valence-corrected chi connectivity index (χ2v) is 4.80. The summed E-state index contributed by atoms with van der Waals surface area (Å²) in [5.74, 6) is 0. The average Bonchev–Trinajstić information content (AvgIpc) is 2.80. The molecule has 0 aliphatic heterocycles. The molecule has 1 aromatic heterocycles. The van der Waals surface area contributed by atoms with Gasteiger partial charge in [-0.3, -0.25) is 0 Å². The van der Waals surface area contributed by atoms with Crippen molar-refractivity contribution in [2.75, 3.05) is 6.54 Å². The minimum Gasteiger partial charge on any atom is -0.311 e. The SMILES string of the molecule is CCCCCCCCCNCc1csnn1. The van der Waals surface area contributed by atoms with Crippen LogP contribution in [0.5, 0.6) is 0 Å². The van der Waals surface area contributed by atoms with Crippen LogP contribution in [-0.2, 0) is 6.54 Å². The molecule has 0 radical (unpaired) electrons. The largest absolute Gasteiger partial charge is 0.311 e. The van der Waals surface area contributed by atoms with Gasteiger partial charge >= 0.3 is 0 Å². The molecule has 3 nitrogen and oxygen atoms in total. The summed E-state index contributed by atoms with van der Waals surface area (Å²) in [6.45, 7) is 4.23. The number of nitrogens with zero attached hydrogens (tertiary/aromatic N) is 2. The van der Waals surface area contributed by atoms with E-state index in [-0.39, 0.29) is 0 Å². The first-order valence-corrected chi connectivity index (χ1v) is 7.23. The zero-order valence-electron chi connectivity index (χ0n) is 10.2. The molecule has 0 spiro atoms. The molecule has 4 heteroatoms. The van der Waals surface area contributed by atoms with Crippen LogP contribution in [0.1, 0.15) is 57.6 Å². The van der Waals surface area contributed by atoms with Crippen LogP contribution in [0.2, 0.25) is 0 Å². The van der Waals surface area contributed by atoms with Crippen LogP contribution in [0.25, 0.3) is 0 Å². The molecule has 0 amide bonds. The molecule has 0 aliphatic rings. The van der Waals surface area contributed by atoms with Gasteiger partial charge in [-0.1, -0.05) is 49.9 Å². The maximum atomic E-state index is 3.99. The molecular weight excluding hydrogens is 218 g/mol. The third-order valence-electron chi connectivity index (χ3n) is 2.67. The van der Waals surface area contributed by atoms with Crippen LogP contribution in [0.4, 0.5) is 0 Å². The number of rotatable bonds is 10. The Kier molecular flexibility index (Phi) is 8.26. The quantitative estimate of drug-likeness (QED) is 0.638. The van der Waals surface area contributed by atoms with Gasteiger partial charge in [-0.05, 0) is 24.5 Å². The average molecular weight is 241 g/mol. The van der Waals surface area contributed by atoms with E-state index >= 15 is 0 Å². The number of hydrogen-bond donors (Lipinski definition) is 1. The van der Waals surface area contributed by atoms with Gasteiger partial charge in [-0.2, -0.15) is 0 Å². The Morgan fingerprint density at radius 3 is 2.56 bits per heavy atom. The number of aromatic nitrogens is 2. The Balaban J connectivity index is 1.78. The number of hydrogen-bond acceptors (Lipinski definition) is 4. The number of unbranched alkanes of at least 4 members (excludes halogenated alkanes) is 6. The molecule has 0 aliphatic carbocycles. The van der Waals surface area contributed by atoms with Crippen molar-refractivity contribution in [3.05, 3.63) is 11.1 Å². The van der Waals surface area contributed by atoms with E-state index in [9.17, 15) is 0 Å². The molecule has 0 saturated heterocycles. The third kappa shape index (κ3) is 6.90. The van der Waals surface area contributed by atoms with Crippen LogP contribution in [-0.4, -0.2) is 16.1 Å². The predicted octanol–water partition coefficient (Wildman–Crippen LogP) is 3.38. The highest BCUT2D eigenvalue weighted by molar-refractivity contribution is 7.03. The fraction of sp³-hybridized carbons (Fsp3) is 0.833. The van der Waals surface area contributed by atoms with Gasteiger partial charge in [0.05, 0.1) is 5.69 Å². The van der Waals surface area contributed by atoms with E-state index < -0.39 is 0 Å². The first kappa shape index (κ1) is 13.6. The van der Waals surface area contributed by atoms with Gasteiger partial charge < -0.3 is 5.32 Å². The molecule has 0 bridgehead atoms. The van der Waals surface area contributed by atoms with E-state index in [4.69, 9.17) is 0 Å². The van der Waals surface area contributed by atoms with Crippen molar-refractivity contribution in [2.24, 2.45) is 0 Å². The van der Waals surface area contributed by atoms with Crippen LogP contribution in [0, 0.1) is 0 Å². The summed E-state index contributed by atoms with van der Waals surface area (Å²) in [4.78, 5) is 0. The second-order valence-electron chi connectivity index (χ2n) is 4.19. The lowest BCUT2D eigenvalue weighted by Crippen LogP contribution is -2.14. The van der Waals surface area contributed by atoms with Crippen molar-refractivity contribution in [3.63, 3.8) is 0 Å². The molecule has 0 unspecified atom stereocenters. The fourth-order valence-electron chi connectivity index (χ4n) is 1.68. The standard InChI is InChI=1S/C12H23N3S/c1-2-3-4-5-6-7-8-9-13-10-12-11-16-15-14-12/h11,13H,2-10H2,1H3. The van der Waals surface area contributed by atoms with Gasteiger partial charge in [0.1, 0.15) is 0 Å². The Hall–Kier alpha value is -0.480. The topological polar surface area (TPSA) is 37.8 Å². The molecule has 1 heterocycles. The highest BCUT2D eigenvalue weighted by atomic mass is 32.1. The number of nitrogens with one attached hydrogen (secondary N) is 1. The fourth-order valence-corrected chi connectivity index (χ4v) is 2.14. The van der Waals surface area contributed by atoms with E-state index in [2.05, 4.69) is 21.8 Å². The van der Waals surface area contributed by atoms with Crippen LogP contribution in [0.3, 0.4) is 0 Å². The molecule has 16 heavy (non-hydrogen) atoms. The monoisotopic (exact) mass is 241 g/mol. The zero-order valence-corrected chi connectivity index (χ0v) is 11.1. The second kappa shape index (κ2) is 9.73. The van der Waals surface area contributed by atoms with Crippen molar-refractivity contribution in [2.45, 2.75) is 58.4 Å². The summed E-state index contributed by atoms with van der Waals surface area (Å²) < 4.78 is 3.83. The highest BCUT2D eigenvalue weighted by Crippen LogP contribution is 2.06. The molecule has 0 aromatic carbocycles. The molecule has 92 valence electrons. The van der Waals surface area contributed by atoms with E-state index in [0.717, 1.165) is 18.8 Å². The first-order chi connectivity index (χ1) is 7.93. The molecular formula is C12H23N3S. The van der Waals surface area contributed by atoms with Gasteiger partial charge in [0.15, 0.2) is 0 Å². The van der Waals surface area contributed by atoms with E-state index in [0.29, 0.717) is 0 Å². The molecule has 1 N–H and O–H groups in total. The summed E-state index contributed by atoms with van der Waals surface area (Å²) in [6.07, 6.45) is 9.58. The van der Waals surface area contributed by atoms with Crippen LogP contribution < -0.4 is 5.32 Å². The Bertz CT molecular complexity index is 236. The van der Waals surface area contributed by atoms with Crippen molar-refractivity contribution in [1.82, 2.24) is 14.9 Å². The maximum absolute atomic E-state index is 3.99. The molecule has 0 atom stereocenters. The summed E-state index contributed by atoms with van der Waals surface area (Å²) >= 11 is 1.42.